The molecule has 0 bridgehead atoms. The number of fused-ring (bicyclic) bond motifs is 7. The van der Waals surface area contributed by atoms with Crippen molar-refractivity contribution in [1.82, 2.24) is 29.9 Å². The minimum absolute atomic E-state index is 0.938. The van der Waals surface area contributed by atoms with Crippen LogP contribution in [0.3, 0.4) is 0 Å². The molecule has 0 spiro atoms. The summed E-state index contributed by atoms with van der Waals surface area (Å²) in [5.41, 5.74) is 22.8. The molecule has 0 amide bonds. The summed E-state index contributed by atoms with van der Waals surface area (Å²) < 4.78 is 0. The smallest absolute Gasteiger partial charge is 0.0703 e. The van der Waals surface area contributed by atoms with Crippen molar-refractivity contribution in [3.63, 3.8) is 0 Å². The normalized spacial score (nSPS) is 11.4. The Bertz CT molecular complexity index is 7590. The summed E-state index contributed by atoms with van der Waals surface area (Å²) in [4.78, 5) is 26.7. The zero-order valence-corrected chi connectivity index (χ0v) is 63.1. The Hall–Kier alpha value is -15.5. The molecule has 6 aromatic heterocycles. The molecular formula is C110H70N6. The quantitative estimate of drug-likeness (QED) is 0.100. The summed E-state index contributed by atoms with van der Waals surface area (Å²) in [7, 11) is 0. The van der Waals surface area contributed by atoms with Crippen molar-refractivity contribution >= 4 is 108 Å². The molecule has 540 valence electrons. The lowest BCUT2D eigenvalue weighted by molar-refractivity contribution is 1.29. The summed E-state index contributed by atoms with van der Waals surface area (Å²) >= 11 is 0. The Morgan fingerprint density at radius 2 is 0.448 bits per heavy atom. The molecule has 0 aliphatic carbocycles. The fourth-order valence-corrected chi connectivity index (χ4v) is 17.4. The van der Waals surface area contributed by atoms with Crippen molar-refractivity contribution in [2.45, 2.75) is 0 Å². The monoisotopic (exact) mass is 1470 g/mol. The first-order valence-corrected chi connectivity index (χ1v) is 39.3. The zero-order chi connectivity index (χ0) is 76.8. The highest BCUT2D eigenvalue weighted by Crippen LogP contribution is 2.49. The van der Waals surface area contributed by atoms with Crippen LogP contribution in [0.2, 0.25) is 0 Å². The van der Waals surface area contributed by atoms with E-state index in [9.17, 15) is 0 Å². The second-order valence-corrected chi connectivity index (χ2v) is 29.6. The number of benzene rings is 17. The van der Waals surface area contributed by atoms with Gasteiger partial charge in [-0.3, -0.25) is 29.9 Å². The molecule has 23 rings (SSSR count). The highest BCUT2D eigenvalue weighted by Gasteiger charge is 2.22. The van der Waals surface area contributed by atoms with Crippen molar-refractivity contribution in [3.8, 4) is 112 Å². The van der Waals surface area contributed by atoms with Crippen LogP contribution in [0.1, 0.15) is 0 Å². The topological polar surface area (TPSA) is 77.3 Å². The molecule has 0 unspecified atom stereocenters. The Labute approximate surface area is 670 Å². The molecule has 17 aromatic carbocycles. The van der Waals surface area contributed by atoms with Crippen molar-refractivity contribution in [1.29, 1.82) is 0 Å². The number of rotatable bonds is 10. The van der Waals surface area contributed by atoms with Gasteiger partial charge >= 0.3 is 0 Å². The van der Waals surface area contributed by atoms with Gasteiger partial charge in [0, 0.05) is 89.2 Å². The minimum Gasteiger partial charge on any atom is -0.265 e. The molecule has 0 atom stereocenters. The van der Waals surface area contributed by atoms with E-state index in [0.717, 1.165) is 61.6 Å². The van der Waals surface area contributed by atoms with Crippen LogP contribution in [-0.2, 0) is 0 Å². The van der Waals surface area contributed by atoms with Crippen LogP contribution >= 0.6 is 0 Å². The Balaban J connectivity index is 0.000000110. The standard InChI is InChI=1S/C44H28N2.C34H22N2.C32H20N2/c1-3-9-32-25-35(15-13-29(32)7-1)43-38-11-5-6-12-39(38)44(36-16-14-30-8-2-4-10-33(30)26-36)41-27-34(17-19-40(41)43)37-18-20-42(46-28-37)31-21-23-45-24-22-31;1-2-8-25-21-26(14-13-23(25)7-1)33-28-9-3-5-11-30(28)34(31-12-6-4-10-29(31)33)27-15-16-32(36-22-27)24-17-19-35-20-18-24;1-3-22-7-8-24-9-12-28(29-13-10-23(4-1)31(22)32(24)29)26-6-2-5-25(19-26)27-11-14-30(34-20-27)21-15-17-33-18-16-21/h1-28H;1-22H;1-20H. The van der Waals surface area contributed by atoms with E-state index >= 15 is 0 Å². The Morgan fingerprint density at radius 1 is 0.147 bits per heavy atom. The first-order chi connectivity index (χ1) is 57.5. The van der Waals surface area contributed by atoms with Gasteiger partial charge in [-0.05, 0) is 254 Å². The van der Waals surface area contributed by atoms with E-state index < -0.39 is 0 Å². The minimum atomic E-state index is 0.938. The molecule has 0 saturated carbocycles. The fraction of sp³-hybridized carbons (Fsp3) is 0. The molecule has 0 aliphatic heterocycles. The lowest BCUT2D eigenvalue weighted by Gasteiger charge is -2.19. The molecule has 0 fully saturated rings. The van der Waals surface area contributed by atoms with E-state index in [-0.39, 0.29) is 0 Å². The van der Waals surface area contributed by atoms with Gasteiger partial charge in [0.2, 0.25) is 0 Å². The van der Waals surface area contributed by atoms with Crippen LogP contribution in [0.25, 0.3) is 219 Å². The molecule has 6 heteroatoms. The second kappa shape index (κ2) is 29.6. The van der Waals surface area contributed by atoms with Crippen LogP contribution in [0.15, 0.2) is 426 Å². The van der Waals surface area contributed by atoms with Gasteiger partial charge in [0.15, 0.2) is 0 Å². The van der Waals surface area contributed by atoms with Gasteiger partial charge in [0.05, 0.1) is 17.1 Å². The lowest BCUT2D eigenvalue weighted by Crippen LogP contribution is -1.92. The van der Waals surface area contributed by atoms with Gasteiger partial charge in [-0.25, -0.2) is 0 Å². The summed E-state index contributed by atoms with van der Waals surface area (Å²) in [6.45, 7) is 0. The average Bonchev–Trinajstić information content (AvgIpc) is 0.737. The number of hydrogen-bond acceptors (Lipinski definition) is 6. The number of nitrogens with zero attached hydrogens (tertiary/aromatic N) is 6. The van der Waals surface area contributed by atoms with Gasteiger partial charge in [0.25, 0.3) is 0 Å². The van der Waals surface area contributed by atoms with E-state index in [4.69, 9.17) is 15.0 Å². The zero-order valence-electron chi connectivity index (χ0n) is 63.1. The van der Waals surface area contributed by atoms with Gasteiger partial charge in [-0.2, -0.15) is 0 Å². The van der Waals surface area contributed by atoms with Crippen LogP contribution in [0.5, 0.6) is 0 Å². The van der Waals surface area contributed by atoms with Gasteiger partial charge in [0.1, 0.15) is 0 Å². The molecule has 0 N–H and O–H groups in total. The Kier molecular flexibility index (Phi) is 17.5. The van der Waals surface area contributed by atoms with Gasteiger partial charge in [-0.15, -0.1) is 0 Å². The van der Waals surface area contributed by atoms with E-state index in [0.29, 0.717) is 0 Å². The third kappa shape index (κ3) is 12.7. The van der Waals surface area contributed by atoms with Crippen LogP contribution in [0, 0.1) is 0 Å². The third-order valence-corrected chi connectivity index (χ3v) is 22.9. The SMILES string of the molecule is c1cc(-c2ccc(-c3ccncc3)nc2)cc(-c2ccc3ccc4cccc5ccc2c3c45)c1.c1ccc2cc(-c3c4ccccc4c(-c4ccc(-c5ccncc5)nc4)c4ccccc34)ccc2c1.c1ccc2cc(-c3c4ccccc4c(-c4ccc5ccccc5c4)c4cc(-c5ccc(-c6ccncc6)nc5)ccc34)ccc2c1. The third-order valence-electron chi connectivity index (χ3n) is 22.9. The first kappa shape index (κ1) is 68.5. The van der Waals surface area contributed by atoms with E-state index in [1.54, 1.807) is 37.2 Å². The van der Waals surface area contributed by atoms with E-state index in [1.807, 2.05) is 55.0 Å². The molecule has 0 aliphatic rings. The summed E-state index contributed by atoms with van der Waals surface area (Å²) in [5, 5.41) is 25.3. The predicted octanol–water partition coefficient (Wildman–Crippen LogP) is 29.1. The van der Waals surface area contributed by atoms with Crippen molar-refractivity contribution in [3.05, 3.63) is 426 Å². The summed E-state index contributed by atoms with van der Waals surface area (Å²) in [5.74, 6) is 0. The van der Waals surface area contributed by atoms with Crippen LogP contribution in [-0.4, -0.2) is 29.9 Å². The van der Waals surface area contributed by atoms with Gasteiger partial charge < -0.3 is 0 Å². The Morgan fingerprint density at radius 3 is 0.879 bits per heavy atom. The second-order valence-electron chi connectivity index (χ2n) is 29.6. The largest absolute Gasteiger partial charge is 0.265 e. The first-order valence-electron chi connectivity index (χ1n) is 39.3. The molecule has 6 nitrogen and oxygen atoms in total. The van der Waals surface area contributed by atoms with E-state index in [2.05, 4.69) is 349 Å². The highest BCUT2D eigenvalue weighted by molar-refractivity contribution is 6.27. The lowest BCUT2D eigenvalue weighted by atomic mass is 9.84. The molecule has 116 heavy (non-hydrogen) atoms. The number of aromatic nitrogens is 6. The maximum atomic E-state index is 4.84. The van der Waals surface area contributed by atoms with Crippen molar-refractivity contribution in [2.24, 2.45) is 0 Å². The fourth-order valence-electron chi connectivity index (χ4n) is 17.4. The highest BCUT2D eigenvalue weighted by atomic mass is 14.7. The number of pyridine rings is 6. The molecule has 6 heterocycles. The predicted molar refractivity (Wildman–Crippen MR) is 487 cm³/mol. The number of hydrogen-bond donors (Lipinski definition) is 0. The summed E-state index contributed by atoms with van der Waals surface area (Å²) in [6, 6.07) is 133. The maximum Gasteiger partial charge on any atom is 0.0703 e. The molecular weight excluding hydrogens is 1410 g/mol. The van der Waals surface area contributed by atoms with Gasteiger partial charge in [-0.1, -0.05) is 285 Å². The maximum absolute atomic E-state index is 4.84. The van der Waals surface area contributed by atoms with Crippen LogP contribution < -0.4 is 0 Å². The van der Waals surface area contributed by atoms with Crippen molar-refractivity contribution < 1.29 is 0 Å². The van der Waals surface area contributed by atoms with Crippen LogP contribution in [0.4, 0.5) is 0 Å². The van der Waals surface area contributed by atoms with E-state index in [1.165, 1.54) is 158 Å². The average molecular weight is 1480 g/mol. The molecule has 23 aromatic rings. The van der Waals surface area contributed by atoms with Crippen molar-refractivity contribution in [2.75, 3.05) is 0 Å². The molecule has 0 saturated heterocycles. The summed E-state index contributed by atoms with van der Waals surface area (Å²) in [6.07, 6.45) is 16.8. The molecule has 0 radical (unpaired) electrons.